The highest BCUT2D eigenvalue weighted by Gasteiger charge is 2.07. The van der Waals surface area contributed by atoms with Gasteiger partial charge in [0.2, 0.25) is 10.0 Å². The molecule has 6 heteroatoms. The molecule has 3 N–H and O–H groups in total. The van der Waals surface area contributed by atoms with Crippen LogP contribution in [0.1, 0.15) is 19.3 Å². The van der Waals surface area contributed by atoms with Crippen LogP contribution in [0.15, 0.2) is 0 Å². The Balaban J connectivity index is 3.52. The summed E-state index contributed by atoms with van der Waals surface area (Å²) in [5.41, 5.74) is 5.28. The highest BCUT2D eigenvalue weighted by molar-refractivity contribution is 7.89. The molecule has 0 aliphatic heterocycles. The molecule has 0 saturated heterocycles. The molecular weight excluding hydrogens is 204 g/mol. The lowest BCUT2D eigenvalue weighted by Crippen LogP contribution is -2.28. The molecule has 0 rings (SSSR count). The predicted molar refractivity (Wildman–Crippen MR) is 56.6 cm³/mol. The minimum absolute atomic E-state index is 0.128. The second-order valence-corrected chi connectivity index (χ2v) is 4.98. The quantitative estimate of drug-likeness (QED) is 0.526. The third-order valence-electron chi connectivity index (χ3n) is 1.71. The van der Waals surface area contributed by atoms with E-state index in [1.807, 2.05) is 0 Å². The molecule has 0 fully saturated rings. The van der Waals surface area contributed by atoms with Crippen LogP contribution in [-0.2, 0) is 14.8 Å². The van der Waals surface area contributed by atoms with Crippen LogP contribution in [0.5, 0.6) is 0 Å². The van der Waals surface area contributed by atoms with Gasteiger partial charge in [0.15, 0.2) is 0 Å². The highest BCUT2D eigenvalue weighted by atomic mass is 32.2. The molecule has 0 spiro atoms. The van der Waals surface area contributed by atoms with Crippen LogP contribution >= 0.6 is 0 Å². The fourth-order valence-electron chi connectivity index (χ4n) is 0.962. The number of nitrogens with two attached hydrogens (primary N) is 1. The van der Waals surface area contributed by atoms with E-state index in [0.29, 0.717) is 26.1 Å². The summed E-state index contributed by atoms with van der Waals surface area (Å²) in [7, 11) is -1.55. The van der Waals surface area contributed by atoms with E-state index in [2.05, 4.69) is 4.72 Å². The van der Waals surface area contributed by atoms with Gasteiger partial charge in [0.1, 0.15) is 0 Å². The first-order valence-electron chi connectivity index (χ1n) is 4.78. The first kappa shape index (κ1) is 13.8. The van der Waals surface area contributed by atoms with Crippen molar-refractivity contribution >= 4 is 10.0 Å². The lowest BCUT2D eigenvalue weighted by Gasteiger charge is -2.05. The van der Waals surface area contributed by atoms with E-state index < -0.39 is 10.0 Å². The Morgan fingerprint density at radius 3 is 2.57 bits per heavy atom. The molecule has 0 aliphatic rings. The molecule has 0 aromatic rings. The molecular formula is C8H20N2O3S. The Morgan fingerprint density at radius 1 is 1.29 bits per heavy atom. The largest absolute Gasteiger partial charge is 0.385 e. The number of methoxy groups -OCH3 is 1. The van der Waals surface area contributed by atoms with Crippen LogP contribution < -0.4 is 10.5 Å². The third kappa shape index (κ3) is 8.43. The SMILES string of the molecule is COCCCS(=O)(=O)NCCCCN. The molecule has 5 nitrogen and oxygen atoms in total. The van der Waals surface area contributed by atoms with Gasteiger partial charge < -0.3 is 10.5 Å². The molecule has 0 amide bonds. The van der Waals surface area contributed by atoms with Crippen LogP contribution in [0.2, 0.25) is 0 Å². The fraction of sp³-hybridized carbons (Fsp3) is 1.00. The molecule has 0 unspecified atom stereocenters. The Labute approximate surface area is 86.1 Å². The summed E-state index contributed by atoms with van der Waals surface area (Å²) in [6, 6.07) is 0. The van der Waals surface area contributed by atoms with Crippen molar-refractivity contribution in [1.29, 1.82) is 0 Å². The van der Waals surface area contributed by atoms with Crippen LogP contribution in [0, 0.1) is 0 Å². The second-order valence-electron chi connectivity index (χ2n) is 3.06. The van der Waals surface area contributed by atoms with Gasteiger partial charge in [-0.3, -0.25) is 0 Å². The van der Waals surface area contributed by atoms with Gasteiger partial charge in [-0.15, -0.1) is 0 Å². The van der Waals surface area contributed by atoms with E-state index in [1.54, 1.807) is 7.11 Å². The van der Waals surface area contributed by atoms with E-state index in [0.717, 1.165) is 12.8 Å². The normalized spacial score (nSPS) is 11.9. The van der Waals surface area contributed by atoms with Crippen molar-refractivity contribution in [2.75, 3.05) is 32.6 Å². The Kier molecular flexibility index (Phi) is 8.07. The molecule has 0 aliphatic carbocycles. The minimum Gasteiger partial charge on any atom is -0.385 e. The molecule has 0 bridgehead atoms. The number of hydrogen-bond donors (Lipinski definition) is 2. The number of rotatable bonds is 9. The van der Waals surface area contributed by atoms with Gasteiger partial charge in [0, 0.05) is 20.3 Å². The molecule has 0 aromatic heterocycles. The second kappa shape index (κ2) is 8.16. The van der Waals surface area contributed by atoms with Gasteiger partial charge >= 0.3 is 0 Å². The zero-order chi connectivity index (χ0) is 10.9. The van der Waals surface area contributed by atoms with Crippen LogP contribution in [0.4, 0.5) is 0 Å². The summed E-state index contributed by atoms with van der Waals surface area (Å²) < 4.78 is 29.8. The summed E-state index contributed by atoms with van der Waals surface area (Å²) in [5.74, 6) is 0.128. The predicted octanol–water partition coefficient (Wildman–Crippen LogP) is -0.319. The van der Waals surface area contributed by atoms with Gasteiger partial charge in [-0.1, -0.05) is 0 Å². The average molecular weight is 224 g/mol. The van der Waals surface area contributed by atoms with Gasteiger partial charge in [-0.05, 0) is 25.8 Å². The summed E-state index contributed by atoms with van der Waals surface area (Å²) >= 11 is 0. The van der Waals surface area contributed by atoms with E-state index in [1.165, 1.54) is 0 Å². The van der Waals surface area contributed by atoms with Crippen LogP contribution in [0.25, 0.3) is 0 Å². The van der Waals surface area contributed by atoms with Crippen molar-refractivity contribution in [3.63, 3.8) is 0 Å². The van der Waals surface area contributed by atoms with Gasteiger partial charge in [-0.25, -0.2) is 13.1 Å². The topological polar surface area (TPSA) is 81.4 Å². The lowest BCUT2D eigenvalue weighted by atomic mass is 10.3. The molecule has 0 saturated carbocycles. The zero-order valence-electron chi connectivity index (χ0n) is 8.66. The Morgan fingerprint density at radius 2 is 2.00 bits per heavy atom. The number of sulfonamides is 1. The summed E-state index contributed by atoms with van der Waals surface area (Å²) in [6.07, 6.45) is 2.17. The van der Waals surface area contributed by atoms with Gasteiger partial charge in [0.05, 0.1) is 5.75 Å². The molecule has 0 atom stereocenters. The lowest BCUT2D eigenvalue weighted by molar-refractivity contribution is 0.199. The number of hydrogen-bond acceptors (Lipinski definition) is 4. The van der Waals surface area contributed by atoms with Crippen molar-refractivity contribution in [3.8, 4) is 0 Å². The van der Waals surface area contributed by atoms with Gasteiger partial charge in [-0.2, -0.15) is 0 Å². The van der Waals surface area contributed by atoms with E-state index >= 15 is 0 Å². The first-order valence-corrected chi connectivity index (χ1v) is 6.44. The van der Waals surface area contributed by atoms with Crippen LogP contribution in [-0.4, -0.2) is 41.0 Å². The van der Waals surface area contributed by atoms with Crippen molar-refractivity contribution in [1.82, 2.24) is 4.72 Å². The number of nitrogens with one attached hydrogen (secondary N) is 1. The van der Waals surface area contributed by atoms with Crippen molar-refractivity contribution < 1.29 is 13.2 Å². The number of ether oxygens (including phenoxy) is 1. The molecule has 0 aromatic carbocycles. The summed E-state index contributed by atoms with van der Waals surface area (Å²) in [6.45, 7) is 1.56. The summed E-state index contributed by atoms with van der Waals surface area (Å²) in [5, 5.41) is 0. The fourth-order valence-corrected chi connectivity index (χ4v) is 2.06. The zero-order valence-corrected chi connectivity index (χ0v) is 9.48. The molecule has 14 heavy (non-hydrogen) atoms. The van der Waals surface area contributed by atoms with E-state index in [4.69, 9.17) is 10.5 Å². The Hall–Kier alpha value is -0.170. The average Bonchev–Trinajstić information content (AvgIpc) is 2.13. The van der Waals surface area contributed by atoms with Crippen molar-refractivity contribution in [3.05, 3.63) is 0 Å². The maximum absolute atomic E-state index is 11.3. The standard InChI is InChI=1S/C8H20N2O3S/c1-13-7-4-8-14(11,12)10-6-3-2-5-9/h10H,2-9H2,1H3. The first-order chi connectivity index (χ1) is 6.62. The van der Waals surface area contributed by atoms with E-state index in [-0.39, 0.29) is 5.75 Å². The maximum Gasteiger partial charge on any atom is 0.211 e. The van der Waals surface area contributed by atoms with E-state index in [9.17, 15) is 8.42 Å². The molecule has 86 valence electrons. The minimum atomic E-state index is -3.11. The highest BCUT2D eigenvalue weighted by Crippen LogP contribution is 1.91. The molecule has 0 heterocycles. The van der Waals surface area contributed by atoms with Crippen molar-refractivity contribution in [2.45, 2.75) is 19.3 Å². The smallest absolute Gasteiger partial charge is 0.211 e. The van der Waals surface area contributed by atoms with Crippen LogP contribution in [0.3, 0.4) is 0 Å². The van der Waals surface area contributed by atoms with Crippen molar-refractivity contribution in [2.24, 2.45) is 5.73 Å². The molecule has 0 radical (unpaired) electrons. The summed E-state index contributed by atoms with van der Waals surface area (Å²) in [4.78, 5) is 0. The maximum atomic E-state index is 11.3. The number of unbranched alkanes of at least 4 members (excludes halogenated alkanes) is 1. The monoisotopic (exact) mass is 224 g/mol. The van der Waals surface area contributed by atoms with Gasteiger partial charge in [0.25, 0.3) is 0 Å². The third-order valence-corrected chi connectivity index (χ3v) is 3.18. The Bertz CT molecular complexity index is 217.